The van der Waals surface area contributed by atoms with Crippen LogP contribution < -0.4 is 5.32 Å². The van der Waals surface area contributed by atoms with Crippen LogP contribution in [0.3, 0.4) is 0 Å². The monoisotopic (exact) mass is 319 g/mol. The van der Waals surface area contributed by atoms with Gasteiger partial charge < -0.3 is 5.32 Å². The summed E-state index contributed by atoms with van der Waals surface area (Å²) < 4.78 is 12.6. The van der Waals surface area contributed by atoms with E-state index in [2.05, 4.69) is 18.5 Å². The topological polar surface area (TPSA) is 29.1 Å². The van der Waals surface area contributed by atoms with Crippen LogP contribution >= 0.6 is 0 Å². The van der Waals surface area contributed by atoms with Gasteiger partial charge in [0.1, 0.15) is 6.67 Å². The summed E-state index contributed by atoms with van der Waals surface area (Å²) in [7, 11) is 0. The molecule has 1 fully saturated rings. The van der Waals surface area contributed by atoms with Gasteiger partial charge in [0.15, 0.2) is 0 Å². The molecule has 0 bridgehead atoms. The average molecular weight is 319 g/mol. The maximum absolute atomic E-state index is 12.6. The predicted molar refractivity (Wildman–Crippen MR) is 95.7 cm³/mol. The molecule has 0 aromatic carbocycles. The van der Waals surface area contributed by atoms with Gasteiger partial charge in [-0.15, -0.1) is 0 Å². The Labute approximate surface area is 140 Å². The Morgan fingerprint density at radius 2 is 1.83 bits per heavy atom. The standard InChI is InChI=1S/C20H30FNO/c1-14(2)12-18(11-10-17-8-6-7-9-17)19(15(3)4)20(23)22-16(5)13-21/h12,17H,1,5-11,13H2,2-4H3,(H,22,23)/b18-12-. The quantitative estimate of drug-likeness (QED) is 0.471. The fraction of sp³-hybridized carbons (Fsp3) is 0.550. The van der Waals surface area contributed by atoms with Crippen molar-refractivity contribution in [3.8, 4) is 0 Å². The van der Waals surface area contributed by atoms with E-state index in [1.165, 1.54) is 25.7 Å². The van der Waals surface area contributed by atoms with Gasteiger partial charge in [0.05, 0.1) is 0 Å². The minimum atomic E-state index is -0.747. The number of alkyl halides is 1. The van der Waals surface area contributed by atoms with Gasteiger partial charge in [0.25, 0.3) is 5.91 Å². The van der Waals surface area contributed by atoms with E-state index in [0.717, 1.165) is 35.5 Å². The molecule has 0 aliphatic heterocycles. The second-order valence-corrected chi connectivity index (χ2v) is 6.77. The van der Waals surface area contributed by atoms with Gasteiger partial charge in [-0.05, 0) is 45.1 Å². The third-order valence-corrected chi connectivity index (χ3v) is 4.22. The summed E-state index contributed by atoms with van der Waals surface area (Å²) in [4.78, 5) is 12.5. The summed E-state index contributed by atoms with van der Waals surface area (Å²) in [6.45, 7) is 12.5. The second kappa shape index (κ2) is 9.49. The van der Waals surface area contributed by atoms with Gasteiger partial charge in [-0.3, -0.25) is 4.79 Å². The lowest BCUT2D eigenvalue weighted by molar-refractivity contribution is -0.116. The highest BCUT2D eigenvalue weighted by atomic mass is 19.1. The summed E-state index contributed by atoms with van der Waals surface area (Å²) in [5, 5.41) is 2.56. The number of hydrogen-bond donors (Lipinski definition) is 1. The van der Waals surface area contributed by atoms with Crippen LogP contribution in [0.1, 0.15) is 59.3 Å². The average Bonchev–Trinajstić information content (AvgIpc) is 2.96. The van der Waals surface area contributed by atoms with Gasteiger partial charge in [0, 0.05) is 11.3 Å². The van der Waals surface area contributed by atoms with E-state index in [9.17, 15) is 9.18 Å². The summed E-state index contributed by atoms with van der Waals surface area (Å²) in [6, 6.07) is 0. The lowest BCUT2D eigenvalue weighted by atomic mass is 9.90. The maximum atomic E-state index is 12.6. The zero-order chi connectivity index (χ0) is 17.4. The van der Waals surface area contributed by atoms with Crippen LogP contribution in [0.15, 0.2) is 47.2 Å². The molecule has 128 valence electrons. The van der Waals surface area contributed by atoms with Crippen molar-refractivity contribution < 1.29 is 9.18 Å². The smallest absolute Gasteiger partial charge is 0.255 e. The number of carbonyl (C=O) groups excluding carboxylic acids is 1. The Bertz CT molecular complexity index is 518. The number of nitrogens with one attached hydrogen (secondary N) is 1. The van der Waals surface area contributed by atoms with E-state index >= 15 is 0 Å². The molecule has 0 spiro atoms. The number of rotatable bonds is 8. The molecule has 0 unspecified atom stereocenters. The van der Waals surface area contributed by atoms with E-state index in [-0.39, 0.29) is 11.6 Å². The molecule has 0 aromatic rings. The molecule has 1 rings (SSSR count). The summed E-state index contributed by atoms with van der Waals surface area (Å²) >= 11 is 0. The van der Waals surface area contributed by atoms with Crippen molar-refractivity contribution >= 4 is 5.91 Å². The van der Waals surface area contributed by atoms with Gasteiger partial charge in [0.2, 0.25) is 0 Å². The molecule has 1 amide bonds. The normalized spacial score (nSPS) is 15.4. The fourth-order valence-corrected chi connectivity index (χ4v) is 3.18. The number of carbonyl (C=O) groups is 1. The highest BCUT2D eigenvalue weighted by Crippen LogP contribution is 2.32. The molecule has 0 atom stereocenters. The van der Waals surface area contributed by atoms with Crippen LogP contribution in [0, 0.1) is 5.92 Å². The number of amides is 1. The molecular formula is C20H30FNO. The van der Waals surface area contributed by atoms with E-state index in [1.54, 1.807) is 0 Å². The molecule has 1 aliphatic rings. The highest BCUT2D eigenvalue weighted by Gasteiger charge is 2.20. The first-order valence-corrected chi connectivity index (χ1v) is 8.44. The molecule has 1 saturated carbocycles. The molecule has 0 saturated heterocycles. The van der Waals surface area contributed by atoms with Crippen molar-refractivity contribution in [3.63, 3.8) is 0 Å². The van der Waals surface area contributed by atoms with Gasteiger partial charge >= 0.3 is 0 Å². The largest absolute Gasteiger partial charge is 0.324 e. The van der Waals surface area contributed by atoms with Gasteiger partial charge in [-0.2, -0.15) is 0 Å². The minimum absolute atomic E-state index is 0.0965. The van der Waals surface area contributed by atoms with Crippen LogP contribution in [-0.4, -0.2) is 12.6 Å². The summed E-state index contributed by atoms with van der Waals surface area (Å²) in [5.74, 6) is 0.484. The first kappa shape index (κ1) is 19.4. The van der Waals surface area contributed by atoms with Crippen molar-refractivity contribution in [2.45, 2.75) is 59.3 Å². The molecule has 0 radical (unpaired) electrons. The SMILES string of the molecule is C=C(C)/C=C(/CCC1CCCC1)C(C(=O)NC(=C)CF)=C(C)C. The Morgan fingerprint density at radius 1 is 1.22 bits per heavy atom. The zero-order valence-corrected chi connectivity index (χ0v) is 14.8. The third kappa shape index (κ3) is 6.55. The Balaban J connectivity index is 2.95. The molecule has 2 nitrogen and oxygen atoms in total. The molecule has 1 aliphatic carbocycles. The van der Waals surface area contributed by atoms with E-state index in [0.29, 0.717) is 5.57 Å². The van der Waals surface area contributed by atoms with Crippen LogP contribution in [-0.2, 0) is 4.79 Å². The van der Waals surface area contributed by atoms with Crippen molar-refractivity contribution in [2.75, 3.05) is 6.67 Å². The van der Waals surface area contributed by atoms with Gasteiger partial charge in [-0.1, -0.05) is 56.1 Å². The fourth-order valence-electron chi connectivity index (χ4n) is 3.18. The molecule has 1 N–H and O–H groups in total. The number of allylic oxidation sites excluding steroid dienone is 4. The van der Waals surface area contributed by atoms with E-state index < -0.39 is 6.67 Å². The van der Waals surface area contributed by atoms with Crippen molar-refractivity contribution in [1.29, 1.82) is 0 Å². The molecule has 0 heterocycles. The van der Waals surface area contributed by atoms with Crippen LogP contribution in [0.4, 0.5) is 4.39 Å². The third-order valence-electron chi connectivity index (χ3n) is 4.22. The highest BCUT2D eigenvalue weighted by molar-refractivity contribution is 5.99. The first-order valence-electron chi connectivity index (χ1n) is 8.44. The van der Waals surface area contributed by atoms with Crippen LogP contribution in [0.25, 0.3) is 0 Å². The first-order chi connectivity index (χ1) is 10.8. The number of halogens is 1. The molecule has 23 heavy (non-hydrogen) atoms. The lowest BCUT2D eigenvalue weighted by Crippen LogP contribution is -2.26. The molecule has 0 aromatic heterocycles. The van der Waals surface area contributed by atoms with Crippen molar-refractivity contribution in [1.82, 2.24) is 5.32 Å². The van der Waals surface area contributed by atoms with Crippen molar-refractivity contribution in [2.24, 2.45) is 5.92 Å². The zero-order valence-electron chi connectivity index (χ0n) is 14.8. The Hall–Kier alpha value is -1.64. The number of hydrogen-bond acceptors (Lipinski definition) is 1. The summed E-state index contributed by atoms with van der Waals surface area (Å²) in [6.07, 6.45) is 9.13. The van der Waals surface area contributed by atoms with Crippen molar-refractivity contribution in [3.05, 3.63) is 47.2 Å². The lowest BCUT2D eigenvalue weighted by Gasteiger charge is -2.17. The van der Waals surface area contributed by atoms with Gasteiger partial charge in [-0.25, -0.2) is 4.39 Å². The Morgan fingerprint density at radius 3 is 2.30 bits per heavy atom. The molecule has 3 heteroatoms. The minimum Gasteiger partial charge on any atom is -0.324 e. The maximum Gasteiger partial charge on any atom is 0.255 e. The predicted octanol–water partition coefficient (Wildman–Crippen LogP) is 5.40. The van der Waals surface area contributed by atoms with E-state index in [4.69, 9.17) is 0 Å². The van der Waals surface area contributed by atoms with E-state index in [1.807, 2.05) is 26.8 Å². The summed E-state index contributed by atoms with van der Waals surface area (Å²) in [5.41, 5.74) is 3.57. The molecular weight excluding hydrogens is 289 g/mol. The van der Waals surface area contributed by atoms with Crippen LogP contribution in [0.2, 0.25) is 0 Å². The Kier molecular flexibility index (Phi) is 8.01. The van der Waals surface area contributed by atoms with Crippen LogP contribution in [0.5, 0.6) is 0 Å². The second-order valence-electron chi connectivity index (χ2n) is 6.77.